The van der Waals surface area contributed by atoms with Crippen LogP contribution in [0.4, 0.5) is 0 Å². The number of nitrogens with one attached hydrogen (secondary N) is 1. The third-order valence-corrected chi connectivity index (χ3v) is 6.29. The van der Waals surface area contributed by atoms with Crippen molar-refractivity contribution < 1.29 is 14.6 Å². The minimum absolute atomic E-state index is 0.0101. The molecule has 2 aromatic carbocycles. The molecular weight excluding hydrogens is 406 g/mol. The van der Waals surface area contributed by atoms with Crippen molar-refractivity contribution in [3.05, 3.63) is 75.5 Å². The highest BCUT2D eigenvalue weighted by Crippen LogP contribution is 2.44. The maximum absolute atomic E-state index is 13.7. The van der Waals surface area contributed by atoms with Crippen molar-refractivity contribution in [2.45, 2.75) is 38.8 Å². The number of aromatic amines is 1. The van der Waals surface area contributed by atoms with Gasteiger partial charge in [-0.05, 0) is 44.5 Å². The quantitative estimate of drug-likeness (QED) is 0.448. The highest BCUT2D eigenvalue weighted by Gasteiger charge is 2.38. The van der Waals surface area contributed by atoms with Gasteiger partial charge < -0.3 is 19.6 Å². The van der Waals surface area contributed by atoms with Crippen LogP contribution in [0.15, 0.2) is 47.3 Å². The lowest BCUT2D eigenvalue weighted by Crippen LogP contribution is -2.37. The smallest absolute Gasteiger partial charge is 0.332 e. The number of imidazole rings is 1. The normalized spacial score (nSPS) is 15.5. The number of ether oxygens (including phenoxy) is 2. The molecule has 4 aromatic rings. The van der Waals surface area contributed by atoms with Gasteiger partial charge in [-0.15, -0.1) is 0 Å². The molecule has 3 heterocycles. The zero-order chi connectivity index (χ0) is 22.8. The Morgan fingerprint density at radius 2 is 1.84 bits per heavy atom. The van der Waals surface area contributed by atoms with E-state index in [-0.39, 0.29) is 11.6 Å². The monoisotopic (exact) mass is 433 g/mol. The van der Waals surface area contributed by atoms with Crippen molar-refractivity contribution >= 4 is 10.9 Å². The van der Waals surface area contributed by atoms with E-state index in [1.807, 2.05) is 57.2 Å². The van der Waals surface area contributed by atoms with Gasteiger partial charge in [0.25, 0.3) is 0 Å². The van der Waals surface area contributed by atoms with Crippen LogP contribution in [0, 0.1) is 0 Å². The maximum Gasteiger partial charge on any atom is 0.332 e. The summed E-state index contributed by atoms with van der Waals surface area (Å²) in [4.78, 5) is 17.2. The van der Waals surface area contributed by atoms with E-state index in [1.54, 1.807) is 18.8 Å². The second-order valence-corrected chi connectivity index (χ2v) is 9.18. The lowest BCUT2D eigenvalue weighted by Gasteiger charge is -2.27. The van der Waals surface area contributed by atoms with Gasteiger partial charge in [0.1, 0.15) is 17.5 Å². The SMILES string of the molecule is COc1ccc([C@@H]2c3[nH]c4ccccc4c3Cc3c(O)n(C(C)(C)C)c(=O)n32)c(OC)c1. The zero-order valence-corrected chi connectivity index (χ0v) is 18.9. The van der Waals surface area contributed by atoms with Crippen molar-refractivity contribution in [3.63, 3.8) is 0 Å². The van der Waals surface area contributed by atoms with Crippen LogP contribution in [0.2, 0.25) is 0 Å². The first-order chi connectivity index (χ1) is 15.3. The summed E-state index contributed by atoms with van der Waals surface area (Å²) in [6.07, 6.45) is 0.457. The summed E-state index contributed by atoms with van der Waals surface area (Å²) >= 11 is 0. The van der Waals surface area contributed by atoms with Crippen LogP contribution < -0.4 is 15.2 Å². The van der Waals surface area contributed by atoms with Crippen molar-refractivity contribution in [2.75, 3.05) is 14.2 Å². The molecule has 2 aromatic heterocycles. The van der Waals surface area contributed by atoms with Crippen LogP contribution >= 0.6 is 0 Å². The average molecular weight is 434 g/mol. The van der Waals surface area contributed by atoms with Gasteiger partial charge in [-0.25, -0.2) is 4.79 Å². The van der Waals surface area contributed by atoms with Gasteiger partial charge in [-0.3, -0.25) is 9.13 Å². The van der Waals surface area contributed by atoms with Crippen LogP contribution in [-0.2, 0) is 12.0 Å². The van der Waals surface area contributed by atoms with E-state index in [1.165, 1.54) is 4.57 Å². The first-order valence-corrected chi connectivity index (χ1v) is 10.6. The molecule has 5 rings (SSSR count). The third kappa shape index (κ3) is 2.77. The molecule has 0 fully saturated rings. The van der Waals surface area contributed by atoms with Gasteiger partial charge in [0.05, 0.1) is 19.9 Å². The second kappa shape index (κ2) is 6.95. The molecule has 32 heavy (non-hydrogen) atoms. The number of nitrogens with zero attached hydrogens (tertiary/aromatic N) is 2. The number of methoxy groups -OCH3 is 2. The molecule has 0 bridgehead atoms. The molecule has 166 valence electrons. The molecule has 7 heteroatoms. The molecule has 0 radical (unpaired) electrons. The molecule has 0 unspecified atom stereocenters. The summed E-state index contributed by atoms with van der Waals surface area (Å²) in [5.74, 6) is 1.29. The average Bonchev–Trinajstić information content (AvgIpc) is 3.26. The Hall–Kier alpha value is -3.61. The standard InChI is InChI=1S/C25H27N3O4/c1-25(2,3)28-23(29)19-13-17-15-8-6-7-9-18(15)26-21(17)22(27(19)24(28)30)16-11-10-14(31-4)12-20(16)32-5/h6-12,22,26,29H,13H2,1-5H3/t22-/m1/s1. The largest absolute Gasteiger partial charge is 0.497 e. The number of benzene rings is 2. The van der Waals surface area contributed by atoms with Crippen LogP contribution in [0.3, 0.4) is 0 Å². The first-order valence-electron chi connectivity index (χ1n) is 10.6. The fourth-order valence-corrected chi connectivity index (χ4v) is 4.87. The van der Waals surface area contributed by atoms with Crippen LogP contribution in [0.1, 0.15) is 49.3 Å². The summed E-state index contributed by atoms with van der Waals surface area (Å²) in [6.45, 7) is 5.74. The third-order valence-electron chi connectivity index (χ3n) is 6.29. The van der Waals surface area contributed by atoms with E-state index in [2.05, 4.69) is 11.1 Å². The Labute approximate surface area is 185 Å². The van der Waals surface area contributed by atoms with Gasteiger partial charge in [0, 0.05) is 40.2 Å². The number of fused-ring (bicyclic) bond motifs is 4. The topological polar surface area (TPSA) is 81.4 Å². The molecule has 0 saturated carbocycles. The summed E-state index contributed by atoms with van der Waals surface area (Å²) in [6, 6.07) is 13.2. The van der Waals surface area contributed by atoms with Crippen molar-refractivity contribution in [1.29, 1.82) is 0 Å². The fourth-order valence-electron chi connectivity index (χ4n) is 4.87. The number of rotatable bonds is 3. The summed E-state index contributed by atoms with van der Waals surface area (Å²) in [5, 5.41) is 12.3. The summed E-state index contributed by atoms with van der Waals surface area (Å²) in [5.41, 5.74) is 3.59. The van der Waals surface area contributed by atoms with E-state index in [0.29, 0.717) is 23.6 Å². The van der Waals surface area contributed by atoms with Crippen LogP contribution in [-0.4, -0.2) is 33.4 Å². The van der Waals surface area contributed by atoms with E-state index < -0.39 is 11.6 Å². The first kappa shape index (κ1) is 20.3. The molecule has 1 atom stereocenters. The molecule has 0 saturated heterocycles. The Bertz CT molecular complexity index is 1400. The zero-order valence-electron chi connectivity index (χ0n) is 18.9. The van der Waals surface area contributed by atoms with E-state index in [0.717, 1.165) is 27.7 Å². The van der Waals surface area contributed by atoms with Gasteiger partial charge in [-0.2, -0.15) is 0 Å². The van der Waals surface area contributed by atoms with E-state index >= 15 is 0 Å². The van der Waals surface area contributed by atoms with Crippen molar-refractivity contribution in [1.82, 2.24) is 14.1 Å². The van der Waals surface area contributed by atoms with Crippen molar-refractivity contribution in [3.8, 4) is 17.4 Å². The lowest BCUT2D eigenvalue weighted by atomic mass is 9.92. The lowest BCUT2D eigenvalue weighted by molar-refractivity contribution is 0.315. The number of hydrogen-bond donors (Lipinski definition) is 2. The van der Waals surface area contributed by atoms with E-state index in [9.17, 15) is 9.90 Å². The van der Waals surface area contributed by atoms with Gasteiger partial charge in [-0.1, -0.05) is 18.2 Å². The molecular formula is C25H27N3O4. The molecule has 1 aliphatic rings. The van der Waals surface area contributed by atoms with Gasteiger partial charge >= 0.3 is 5.69 Å². The number of H-pyrrole nitrogens is 1. The minimum atomic E-state index is -0.574. The number of hydrogen-bond acceptors (Lipinski definition) is 4. The molecule has 1 aliphatic heterocycles. The molecule has 0 amide bonds. The predicted molar refractivity (Wildman–Crippen MR) is 123 cm³/mol. The minimum Gasteiger partial charge on any atom is -0.497 e. The Morgan fingerprint density at radius 3 is 2.53 bits per heavy atom. The number of aromatic hydroxyl groups is 1. The second-order valence-electron chi connectivity index (χ2n) is 9.18. The molecule has 2 N–H and O–H groups in total. The Kier molecular flexibility index (Phi) is 4.41. The molecule has 0 spiro atoms. The number of aromatic nitrogens is 3. The Morgan fingerprint density at radius 1 is 1.09 bits per heavy atom. The van der Waals surface area contributed by atoms with Gasteiger partial charge in [0.15, 0.2) is 0 Å². The molecule has 0 aliphatic carbocycles. The number of para-hydroxylation sites is 1. The van der Waals surface area contributed by atoms with Crippen molar-refractivity contribution in [2.24, 2.45) is 0 Å². The fraction of sp³-hybridized carbons (Fsp3) is 0.320. The highest BCUT2D eigenvalue weighted by molar-refractivity contribution is 5.86. The van der Waals surface area contributed by atoms with Gasteiger partial charge in [0.2, 0.25) is 5.88 Å². The van der Waals surface area contributed by atoms with Crippen LogP contribution in [0.25, 0.3) is 10.9 Å². The maximum atomic E-state index is 13.7. The van der Waals surface area contributed by atoms with E-state index in [4.69, 9.17) is 9.47 Å². The summed E-state index contributed by atoms with van der Waals surface area (Å²) < 4.78 is 14.3. The summed E-state index contributed by atoms with van der Waals surface area (Å²) in [7, 11) is 3.21. The molecule has 7 nitrogen and oxygen atoms in total. The highest BCUT2D eigenvalue weighted by atomic mass is 16.5. The predicted octanol–water partition coefficient (Wildman–Crippen LogP) is 4.15. The van der Waals surface area contributed by atoms with Crippen LogP contribution in [0.5, 0.6) is 17.4 Å². The Balaban J connectivity index is 1.87.